The van der Waals surface area contributed by atoms with E-state index in [-0.39, 0.29) is 18.4 Å². The first-order valence-corrected chi connectivity index (χ1v) is 16.6. The fraction of sp³-hybridized carbons (Fsp3) is 0.444. The smallest absolute Gasteiger partial charge is 0.407 e. The van der Waals surface area contributed by atoms with Crippen molar-refractivity contribution in [3.63, 3.8) is 0 Å². The molecule has 0 heterocycles. The summed E-state index contributed by atoms with van der Waals surface area (Å²) in [4.78, 5) is 25.6. The van der Waals surface area contributed by atoms with Gasteiger partial charge in [-0.3, -0.25) is 4.79 Å². The van der Waals surface area contributed by atoms with Crippen LogP contribution < -0.4 is 15.4 Å². The molecule has 0 saturated carbocycles. The number of fused-ring (bicyclic) bond motifs is 3. The van der Waals surface area contributed by atoms with Gasteiger partial charge in [-0.25, -0.2) is 4.79 Å². The predicted octanol–water partition coefficient (Wildman–Crippen LogP) is 7.71. The first-order chi connectivity index (χ1) is 21.1. The van der Waals surface area contributed by atoms with Crippen LogP contribution in [0.4, 0.5) is 4.79 Å². The molecule has 2 amide bonds. The second-order valence-electron chi connectivity index (χ2n) is 12.2. The molecule has 236 valence electrons. The lowest BCUT2D eigenvalue weighted by molar-refractivity contribution is -0.131. The van der Waals surface area contributed by atoms with Gasteiger partial charge in [-0.05, 0) is 102 Å². The molecule has 1 unspecified atom stereocenters. The van der Waals surface area contributed by atoms with Gasteiger partial charge in [0, 0.05) is 34.6 Å². The Labute approximate surface area is 275 Å². The molecule has 0 bridgehead atoms. The maximum atomic E-state index is 12.9. The molecule has 0 radical (unpaired) electrons. The van der Waals surface area contributed by atoms with Gasteiger partial charge in [-0.2, -0.15) is 0 Å². The summed E-state index contributed by atoms with van der Waals surface area (Å²) in [6, 6.07) is 24.5. The molecular weight excluding hydrogens is 667 g/mol. The van der Waals surface area contributed by atoms with Gasteiger partial charge in [0.1, 0.15) is 12.4 Å². The van der Waals surface area contributed by atoms with Crippen LogP contribution in [0, 0.1) is 8.99 Å². The lowest BCUT2D eigenvalue weighted by atomic mass is 9.88. The first-order valence-electron chi connectivity index (χ1n) is 15.5. The number of hydrogen-bond acceptors (Lipinski definition) is 5. The molecule has 3 aromatic rings. The quantitative estimate of drug-likeness (QED) is 0.118. The molecule has 1 atom stereocenters. The minimum Gasteiger partial charge on any atom is -0.494 e. The van der Waals surface area contributed by atoms with Gasteiger partial charge in [-0.15, -0.1) is 0 Å². The summed E-state index contributed by atoms with van der Waals surface area (Å²) in [7, 11) is 0. The minimum absolute atomic E-state index is 0.00890. The van der Waals surface area contributed by atoms with Crippen LogP contribution >= 0.6 is 22.6 Å². The van der Waals surface area contributed by atoms with E-state index in [0.717, 1.165) is 18.6 Å². The number of hydrogen-bond donors (Lipinski definition) is 2. The Morgan fingerprint density at radius 1 is 0.841 bits per heavy atom. The average Bonchev–Trinajstić information content (AvgIpc) is 3.35. The van der Waals surface area contributed by atoms with E-state index in [1.54, 1.807) is 0 Å². The number of alkyl carbamates (subject to hydrolysis) is 1. The maximum absolute atomic E-state index is 12.9. The van der Waals surface area contributed by atoms with Crippen molar-refractivity contribution in [3.8, 4) is 16.9 Å². The first kappa shape index (κ1) is 33.8. The number of rotatable bonds is 16. The molecule has 1 aliphatic rings. The van der Waals surface area contributed by atoms with Gasteiger partial charge >= 0.3 is 6.09 Å². The normalized spacial score (nSPS) is 13.8. The maximum Gasteiger partial charge on any atom is 0.407 e. The molecule has 8 heteroatoms. The van der Waals surface area contributed by atoms with E-state index >= 15 is 0 Å². The second kappa shape index (κ2) is 15.8. The molecule has 2 N–H and O–H groups in total. The molecule has 44 heavy (non-hydrogen) atoms. The number of carbonyl (C=O) groups is 2. The summed E-state index contributed by atoms with van der Waals surface area (Å²) >= 11 is 2.27. The number of halogens is 1. The van der Waals surface area contributed by atoms with Crippen molar-refractivity contribution >= 4 is 34.6 Å². The molecule has 0 aliphatic heterocycles. The minimum atomic E-state index is -0.577. The van der Waals surface area contributed by atoms with E-state index in [1.807, 2.05) is 76.2 Å². The van der Waals surface area contributed by atoms with Crippen LogP contribution in [0.2, 0.25) is 0 Å². The van der Waals surface area contributed by atoms with Crippen molar-refractivity contribution in [3.05, 3.63) is 87.5 Å². The Bertz CT molecular complexity index is 1350. The van der Waals surface area contributed by atoms with Crippen LogP contribution in [0.5, 0.6) is 5.75 Å². The van der Waals surface area contributed by atoms with Crippen molar-refractivity contribution in [2.24, 2.45) is 5.41 Å². The van der Waals surface area contributed by atoms with Gasteiger partial charge in [0.05, 0.1) is 12.2 Å². The highest BCUT2D eigenvalue weighted by atomic mass is 127. The highest BCUT2D eigenvalue weighted by Gasteiger charge is 2.31. The molecule has 7 nitrogen and oxygen atoms in total. The van der Waals surface area contributed by atoms with E-state index in [9.17, 15) is 9.59 Å². The summed E-state index contributed by atoms with van der Waals surface area (Å²) in [6.07, 6.45) is 2.52. The molecule has 1 aliphatic carbocycles. The summed E-state index contributed by atoms with van der Waals surface area (Å²) in [5.74, 6) is 0.889. The molecule has 0 saturated heterocycles. The SMILES string of the molecule is CCC(C)(CNC(=O)OCC1c2ccccc2-c2ccccc21)OCCC(C)(C)C(=O)NCCCCOc1ccc(I)cc1. The van der Waals surface area contributed by atoms with Gasteiger partial charge < -0.3 is 24.8 Å². The van der Waals surface area contributed by atoms with E-state index in [4.69, 9.17) is 14.2 Å². The topological polar surface area (TPSA) is 85.9 Å². The van der Waals surface area contributed by atoms with Crippen molar-refractivity contribution in [1.29, 1.82) is 0 Å². The molecule has 0 aromatic heterocycles. The Balaban J connectivity index is 1.14. The van der Waals surface area contributed by atoms with E-state index in [2.05, 4.69) is 57.5 Å². The third-order valence-corrected chi connectivity index (χ3v) is 9.15. The lowest BCUT2D eigenvalue weighted by Crippen LogP contribution is -2.44. The van der Waals surface area contributed by atoms with Gasteiger partial charge in [0.15, 0.2) is 0 Å². The number of benzene rings is 3. The number of unbranched alkanes of at least 4 members (excludes halogenated alkanes) is 1. The van der Waals surface area contributed by atoms with Crippen molar-refractivity contribution in [1.82, 2.24) is 10.6 Å². The number of nitrogens with one attached hydrogen (secondary N) is 2. The number of ether oxygens (including phenoxy) is 3. The van der Waals surface area contributed by atoms with Crippen molar-refractivity contribution in [2.45, 2.75) is 64.9 Å². The fourth-order valence-corrected chi connectivity index (χ4v) is 5.60. The summed E-state index contributed by atoms with van der Waals surface area (Å²) in [5, 5.41) is 5.95. The van der Waals surface area contributed by atoms with Crippen LogP contribution in [-0.4, -0.2) is 50.5 Å². The van der Waals surface area contributed by atoms with Crippen molar-refractivity contribution < 1.29 is 23.8 Å². The number of amides is 2. The van der Waals surface area contributed by atoms with Crippen LogP contribution in [0.3, 0.4) is 0 Å². The largest absolute Gasteiger partial charge is 0.494 e. The fourth-order valence-electron chi connectivity index (χ4n) is 5.24. The Kier molecular flexibility index (Phi) is 12.1. The Morgan fingerprint density at radius 2 is 1.48 bits per heavy atom. The monoisotopic (exact) mass is 712 g/mol. The standard InChI is InChI=1S/C36H45IN2O5/c1-5-36(4,25-39-34(41)43-24-32-30-14-8-6-12-28(30)29-13-7-9-15-31(29)32)44-23-20-35(2,3)33(40)38-21-10-11-22-42-27-18-16-26(37)17-19-27/h6-9,12-19,32H,5,10-11,20-25H2,1-4H3,(H,38,40)(H,39,41). The molecule has 0 spiro atoms. The summed E-state index contributed by atoms with van der Waals surface area (Å²) in [6.45, 7) is 10.1. The average molecular weight is 713 g/mol. The predicted molar refractivity (Wildman–Crippen MR) is 183 cm³/mol. The highest BCUT2D eigenvalue weighted by Crippen LogP contribution is 2.44. The Morgan fingerprint density at radius 3 is 2.11 bits per heavy atom. The second-order valence-corrected chi connectivity index (χ2v) is 13.5. The zero-order valence-electron chi connectivity index (χ0n) is 26.3. The van der Waals surface area contributed by atoms with Crippen molar-refractivity contribution in [2.75, 3.05) is 32.9 Å². The van der Waals surface area contributed by atoms with Crippen LogP contribution in [0.1, 0.15) is 70.4 Å². The zero-order valence-corrected chi connectivity index (χ0v) is 28.4. The van der Waals surface area contributed by atoms with Crippen LogP contribution in [0.15, 0.2) is 72.8 Å². The Hall–Kier alpha value is -3.11. The zero-order chi connectivity index (χ0) is 31.6. The van der Waals surface area contributed by atoms with E-state index in [1.165, 1.54) is 25.8 Å². The highest BCUT2D eigenvalue weighted by molar-refractivity contribution is 14.1. The third-order valence-electron chi connectivity index (χ3n) is 8.43. The number of carbonyl (C=O) groups excluding carboxylic acids is 2. The molecule has 4 rings (SSSR count). The molecular formula is C36H45IN2O5. The van der Waals surface area contributed by atoms with Gasteiger partial charge in [0.2, 0.25) is 5.91 Å². The molecule has 3 aromatic carbocycles. The third kappa shape index (κ3) is 9.20. The van der Waals surface area contributed by atoms with Gasteiger partial charge in [0.25, 0.3) is 0 Å². The summed E-state index contributed by atoms with van der Waals surface area (Å²) < 4.78 is 18.9. The van der Waals surface area contributed by atoms with Crippen LogP contribution in [0.25, 0.3) is 11.1 Å². The summed E-state index contributed by atoms with van der Waals surface area (Å²) in [5.41, 5.74) is 3.61. The van der Waals surface area contributed by atoms with E-state index < -0.39 is 17.1 Å². The van der Waals surface area contributed by atoms with Gasteiger partial charge in [-0.1, -0.05) is 69.3 Å². The van der Waals surface area contributed by atoms with Crippen LogP contribution in [-0.2, 0) is 14.3 Å². The lowest BCUT2D eigenvalue weighted by Gasteiger charge is -2.31. The van der Waals surface area contributed by atoms with E-state index in [0.29, 0.717) is 39.1 Å². The molecule has 0 fully saturated rings.